The number of benzene rings is 2. The van der Waals surface area contributed by atoms with E-state index in [1.807, 2.05) is 24.3 Å². The second kappa shape index (κ2) is 21.7. The maximum Gasteiger partial charge on any atom is 0.336 e. The van der Waals surface area contributed by atoms with E-state index in [0.29, 0.717) is 82.6 Å². The van der Waals surface area contributed by atoms with Gasteiger partial charge in [-0.05, 0) is 128 Å². The Morgan fingerprint density at radius 3 is 1.63 bits per heavy atom. The average Bonchev–Trinajstić information content (AvgIpc) is 4.14. The van der Waals surface area contributed by atoms with Gasteiger partial charge in [-0.3, -0.25) is 4.79 Å². The second-order valence-electron chi connectivity index (χ2n) is 17.3. The fourth-order valence-electron chi connectivity index (χ4n) is 9.35. The van der Waals surface area contributed by atoms with Crippen LogP contribution in [0.5, 0.6) is 17.4 Å². The number of nitrogens with zero attached hydrogens (tertiary/aromatic N) is 2. The molecule has 2 atom stereocenters. The quantitative estimate of drug-likeness (QED) is 0.0869. The van der Waals surface area contributed by atoms with Crippen molar-refractivity contribution in [3.8, 4) is 17.4 Å². The first kappa shape index (κ1) is 44.8. The van der Waals surface area contributed by atoms with Gasteiger partial charge in [-0.25, -0.2) is 14.6 Å². The lowest BCUT2D eigenvalue weighted by Crippen LogP contribution is -2.40. The highest BCUT2D eigenvalue weighted by atomic mass is 16.5. The van der Waals surface area contributed by atoms with E-state index in [2.05, 4.69) is 41.4 Å². The fourth-order valence-corrected chi connectivity index (χ4v) is 9.35. The van der Waals surface area contributed by atoms with Crippen LogP contribution < -0.4 is 19.8 Å². The molecular weight excluding hydrogens is 789 g/mol. The van der Waals surface area contributed by atoms with Crippen molar-refractivity contribution in [2.75, 3.05) is 33.0 Å². The molecule has 2 aliphatic carbocycles. The lowest BCUT2D eigenvalue weighted by Gasteiger charge is -2.23. The van der Waals surface area contributed by atoms with Crippen molar-refractivity contribution < 1.29 is 43.5 Å². The van der Waals surface area contributed by atoms with Gasteiger partial charge >= 0.3 is 11.9 Å². The molecule has 4 aliphatic rings. The number of pyridine rings is 2. The molecule has 0 radical (unpaired) electrons. The number of aryl methyl sites for hydroxylation is 1. The van der Waals surface area contributed by atoms with Gasteiger partial charge < -0.3 is 38.5 Å². The first-order chi connectivity index (χ1) is 30.2. The molecule has 8 rings (SSSR count). The third-order valence-electron chi connectivity index (χ3n) is 12.9. The minimum absolute atomic E-state index is 0.128. The number of hydrogen-bond donors (Lipinski definition) is 2. The fraction of sp³-hybridized carbons (Fsp3) is 0.520. The van der Waals surface area contributed by atoms with E-state index < -0.39 is 23.1 Å². The molecule has 2 saturated carbocycles. The van der Waals surface area contributed by atoms with Crippen LogP contribution in [-0.2, 0) is 38.4 Å². The largest absolute Gasteiger partial charge is 0.494 e. The van der Waals surface area contributed by atoms with Crippen LogP contribution in [0, 0.1) is 0 Å². The Morgan fingerprint density at radius 1 is 0.645 bits per heavy atom. The molecule has 12 heteroatoms. The van der Waals surface area contributed by atoms with Crippen molar-refractivity contribution in [1.82, 2.24) is 9.55 Å². The van der Waals surface area contributed by atoms with Crippen molar-refractivity contribution in [3.05, 3.63) is 118 Å². The van der Waals surface area contributed by atoms with Gasteiger partial charge in [0.1, 0.15) is 11.5 Å². The summed E-state index contributed by atoms with van der Waals surface area (Å²) in [6.45, 7) is 3.08. The van der Waals surface area contributed by atoms with E-state index in [1.54, 1.807) is 23.0 Å². The SMILES string of the molecule is O=C(O)C1(Cc2ccn(CCCOc3ccc(C4CCCC4)cc3)c(=O)c2)CCCO1.O=C(O)C1(Cc2ccnc(OCCCOc3ccc(C4CCCC4)cc3)c2)CCCO1. The van der Waals surface area contributed by atoms with Gasteiger partial charge in [0.25, 0.3) is 5.56 Å². The number of rotatable bonds is 19. The predicted molar refractivity (Wildman–Crippen MR) is 234 cm³/mol. The average molecular weight is 851 g/mol. The summed E-state index contributed by atoms with van der Waals surface area (Å²) in [5.41, 5.74) is 1.93. The van der Waals surface area contributed by atoms with Crippen LogP contribution in [0.1, 0.15) is 124 Å². The maximum atomic E-state index is 12.4. The number of hydrogen-bond acceptors (Lipinski definition) is 9. The standard InChI is InChI=1S/2C25H31NO5/c27-24(28)25(12-3-16-31-25)18-19-11-13-26-23(17-19)30-15-4-14-29-22-9-7-21(8-10-22)20-5-1-2-6-20;27-23-17-19(18-25(24(28)29)12-3-16-31-25)11-14-26(23)13-4-15-30-22-9-7-21(8-10-22)20-5-1-2-6-20/h7-11,13,17,20H,1-6,12,14-16,18H2,(H,27,28);7-11,14,17,20H,1-6,12-13,15-16,18H2,(H,28,29). The molecule has 2 N–H and O–H groups in total. The van der Waals surface area contributed by atoms with Gasteiger partial charge in [-0.1, -0.05) is 49.9 Å². The van der Waals surface area contributed by atoms with Crippen LogP contribution in [0.25, 0.3) is 0 Å². The van der Waals surface area contributed by atoms with Gasteiger partial charge in [0.15, 0.2) is 11.2 Å². The molecule has 2 unspecified atom stereocenters. The Balaban J connectivity index is 0.000000186. The maximum absolute atomic E-state index is 12.4. The topological polar surface area (TPSA) is 156 Å². The van der Waals surface area contributed by atoms with Crippen molar-refractivity contribution in [2.45, 2.75) is 132 Å². The third kappa shape index (κ3) is 12.0. The molecule has 332 valence electrons. The Labute approximate surface area is 364 Å². The Hall–Kier alpha value is -5.20. The van der Waals surface area contributed by atoms with Gasteiger partial charge in [-0.2, -0.15) is 0 Å². The van der Waals surface area contributed by atoms with E-state index in [-0.39, 0.29) is 12.0 Å². The third-order valence-corrected chi connectivity index (χ3v) is 12.9. The first-order valence-electron chi connectivity index (χ1n) is 22.7. The highest BCUT2D eigenvalue weighted by Gasteiger charge is 2.44. The number of ether oxygens (including phenoxy) is 5. The normalized spacial score (nSPS) is 21.4. The molecule has 0 amide bonds. The number of aromatic nitrogens is 2. The van der Waals surface area contributed by atoms with Crippen LogP contribution in [-0.4, -0.2) is 75.9 Å². The van der Waals surface area contributed by atoms with Crippen molar-refractivity contribution >= 4 is 11.9 Å². The Morgan fingerprint density at radius 2 is 1.15 bits per heavy atom. The number of carboxylic acids is 2. The number of carbonyl (C=O) groups is 2. The summed E-state index contributed by atoms with van der Waals surface area (Å²) in [6.07, 6.45) is 18.4. The summed E-state index contributed by atoms with van der Waals surface area (Å²) in [5.74, 6) is 1.81. The minimum atomic E-state index is -1.19. The van der Waals surface area contributed by atoms with E-state index in [9.17, 15) is 24.6 Å². The summed E-state index contributed by atoms with van der Waals surface area (Å²) in [4.78, 5) is 40.0. The van der Waals surface area contributed by atoms with Gasteiger partial charge in [0.05, 0.1) is 19.8 Å². The summed E-state index contributed by atoms with van der Waals surface area (Å²) in [6, 6.07) is 23.9. The molecule has 4 aromatic rings. The van der Waals surface area contributed by atoms with E-state index in [1.165, 1.54) is 68.6 Å². The predicted octanol–water partition coefficient (Wildman–Crippen LogP) is 8.91. The molecule has 2 aliphatic heterocycles. The lowest BCUT2D eigenvalue weighted by atomic mass is 9.92. The van der Waals surface area contributed by atoms with Crippen LogP contribution >= 0.6 is 0 Å². The Bertz CT molecular complexity index is 2090. The molecule has 2 aromatic carbocycles. The minimum Gasteiger partial charge on any atom is -0.494 e. The summed E-state index contributed by atoms with van der Waals surface area (Å²) in [5, 5.41) is 19.1. The molecule has 12 nitrogen and oxygen atoms in total. The smallest absolute Gasteiger partial charge is 0.336 e. The molecule has 0 bridgehead atoms. The lowest BCUT2D eigenvalue weighted by molar-refractivity contribution is -0.160. The highest BCUT2D eigenvalue weighted by Crippen LogP contribution is 2.36. The first-order valence-corrected chi connectivity index (χ1v) is 22.7. The second-order valence-corrected chi connectivity index (χ2v) is 17.3. The van der Waals surface area contributed by atoms with Crippen molar-refractivity contribution in [2.24, 2.45) is 0 Å². The van der Waals surface area contributed by atoms with Gasteiger partial charge in [0, 0.05) is 63.5 Å². The van der Waals surface area contributed by atoms with Gasteiger partial charge in [0.2, 0.25) is 5.88 Å². The van der Waals surface area contributed by atoms with Gasteiger partial charge in [-0.15, -0.1) is 0 Å². The molecule has 2 aromatic heterocycles. The van der Waals surface area contributed by atoms with Crippen LogP contribution in [0.4, 0.5) is 0 Å². The zero-order valence-corrected chi connectivity index (χ0v) is 35.8. The van der Waals surface area contributed by atoms with Crippen LogP contribution in [0.3, 0.4) is 0 Å². The van der Waals surface area contributed by atoms with Crippen LogP contribution in [0.15, 0.2) is 90.0 Å². The van der Waals surface area contributed by atoms with E-state index >= 15 is 0 Å². The van der Waals surface area contributed by atoms with Crippen molar-refractivity contribution in [1.29, 1.82) is 0 Å². The Kier molecular flexibility index (Phi) is 15.7. The summed E-state index contributed by atoms with van der Waals surface area (Å²) in [7, 11) is 0. The molecule has 0 spiro atoms. The van der Waals surface area contributed by atoms with E-state index in [4.69, 9.17) is 23.7 Å². The molecule has 62 heavy (non-hydrogen) atoms. The number of aliphatic carboxylic acids is 2. The zero-order valence-electron chi connectivity index (χ0n) is 35.8. The number of carboxylic acid groups (broad SMARTS) is 2. The highest BCUT2D eigenvalue weighted by molar-refractivity contribution is 5.78. The molecular formula is C50H62N2O10. The molecule has 4 fully saturated rings. The summed E-state index contributed by atoms with van der Waals surface area (Å²) < 4.78 is 30.1. The van der Waals surface area contributed by atoms with Crippen LogP contribution in [0.2, 0.25) is 0 Å². The monoisotopic (exact) mass is 850 g/mol. The summed E-state index contributed by atoms with van der Waals surface area (Å²) >= 11 is 0. The van der Waals surface area contributed by atoms with Crippen molar-refractivity contribution in [3.63, 3.8) is 0 Å². The zero-order chi connectivity index (χ0) is 43.2. The van der Waals surface area contributed by atoms with E-state index in [0.717, 1.165) is 42.2 Å². The molecule has 2 saturated heterocycles. The molecule has 4 heterocycles.